The number of nitrogens with zero attached hydrogens (tertiary/aromatic N) is 1. The van der Waals surface area contributed by atoms with Gasteiger partial charge in [-0.25, -0.2) is 4.98 Å². The van der Waals surface area contributed by atoms with Crippen molar-refractivity contribution in [2.24, 2.45) is 0 Å². The Hall–Kier alpha value is -0.480. The summed E-state index contributed by atoms with van der Waals surface area (Å²) < 4.78 is 5.40. The van der Waals surface area contributed by atoms with Crippen LogP contribution < -0.4 is 0 Å². The monoisotopic (exact) mass is 199 g/mol. The molecule has 0 radical (unpaired) electrons. The van der Waals surface area contributed by atoms with Crippen LogP contribution >= 0.6 is 11.8 Å². The van der Waals surface area contributed by atoms with Gasteiger partial charge in [0.1, 0.15) is 12.4 Å². The smallest absolute Gasteiger partial charge is 0.220 e. The standard InChI is InChI=1S/C9H13NO2S/c11-6-9-10-5-8(12-9)7-1-3-13-4-2-7/h5,7,11H,1-4,6H2. The number of oxazole rings is 1. The Kier molecular flexibility index (Phi) is 2.90. The molecule has 1 aliphatic rings. The molecule has 2 rings (SSSR count). The predicted molar refractivity (Wildman–Crippen MR) is 51.7 cm³/mol. The van der Waals surface area contributed by atoms with E-state index >= 15 is 0 Å². The molecule has 1 aromatic rings. The summed E-state index contributed by atoms with van der Waals surface area (Å²) in [6, 6.07) is 0. The molecule has 1 N–H and O–H groups in total. The fraction of sp³-hybridized carbons (Fsp3) is 0.667. The third-order valence-electron chi connectivity index (χ3n) is 2.33. The first-order valence-electron chi connectivity index (χ1n) is 4.53. The molecule has 4 heteroatoms. The topological polar surface area (TPSA) is 46.3 Å². The quantitative estimate of drug-likeness (QED) is 0.788. The third-order valence-corrected chi connectivity index (χ3v) is 3.38. The summed E-state index contributed by atoms with van der Waals surface area (Å²) in [6.45, 7) is -0.0958. The normalized spacial score (nSPS) is 19.2. The number of aromatic nitrogens is 1. The number of thioether (sulfide) groups is 1. The molecule has 72 valence electrons. The summed E-state index contributed by atoms with van der Waals surface area (Å²) in [6.07, 6.45) is 4.10. The molecule has 0 aromatic carbocycles. The Bertz CT molecular complexity index is 268. The highest BCUT2D eigenvalue weighted by Gasteiger charge is 2.19. The second kappa shape index (κ2) is 4.15. The van der Waals surface area contributed by atoms with Crippen molar-refractivity contribution in [2.75, 3.05) is 11.5 Å². The maximum absolute atomic E-state index is 8.79. The molecule has 13 heavy (non-hydrogen) atoms. The van der Waals surface area contributed by atoms with Crippen molar-refractivity contribution in [3.63, 3.8) is 0 Å². The van der Waals surface area contributed by atoms with Crippen molar-refractivity contribution in [1.29, 1.82) is 0 Å². The Morgan fingerprint density at radius 2 is 2.31 bits per heavy atom. The van der Waals surface area contributed by atoms with Gasteiger partial charge in [0.2, 0.25) is 5.89 Å². The van der Waals surface area contributed by atoms with Gasteiger partial charge in [-0.1, -0.05) is 0 Å². The summed E-state index contributed by atoms with van der Waals surface area (Å²) in [5.41, 5.74) is 0. The number of aliphatic hydroxyl groups excluding tert-OH is 1. The molecule has 3 nitrogen and oxygen atoms in total. The highest BCUT2D eigenvalue weighted by molar-refractivity contribution is 7.99. The van der Waals surface area contributed by atoms with Gasteiger partial charge < -0.3 is 9.52 Å². The Labute approximate surface area is 81.5 Å². The molecule has 0 amide bonds. The van der Waals surface area contributed by atoms with Crippen LogP contribution in [-0.4, -0.2) is 21.6 Å². The molecule has 1 aromatic heterocycles. The van der Waals surface area contributed by atoms with Gasteiger partial charge in [0.05, 0.1) is 6.20 Å². The van der Waals surface area contributed by atoms with Crippen molar-refractivity contribution in [3.8, 4) is 0 Å². The first kappa shape index (κ1) is 9.09. The van der Waals surface area contributed by atoms with Crippen LogP contribution in [0.1, 0.15) is 30.4 Å². The lowest BCUT2D eigenvalue weighted by molar-refractivity contribution is 0.234. The second-order valence-electron chi connectivity index (χ2n) is 3.20. The Morgan fingerprint density at radius 1 is 1.54 bits per heavy atom. The van der Waals surface area contributed by atoms with Crippen molar-refractivity contribution < 1.29 is 9.52 Å². The molecule has 0 unspecified atom stereocenters. The van der Waals surface area contributed by atoms with E-state index in [0.29, 0.717) is 11.8 Å². The van der Waals surface area contributed by atoms with Crippen molar-refractivity contribution in [1.82, 2.24) is 4.98 Å². The first-order chi connectivity index (χ1) is 6.40. The predicted octanol–water partition coefficient (Wildman–Crippen LogP) is 1.78. The third kappa shape index (κ3) is 2.06. The lowest BCUT2D eigenvalue weighted by atomic mass is 10.0. The second-order valence-corrected chi connectivity index (χ2v) is 4.43. The van der Waals surface area contributed by atoms with Crippen LogP contribution in [0.2, 0.25) is 0 Å². The lowest BCUT2D eigenvalue weighted by Gasteiger charge is -2.18. The fourth-order valence-electron chi connectivity index (χ4n) is 1.57. The number of hydrogen-bond donors (Lipinski definition) is 1. The SMILES string of the molecule is OCc1ncc(C2CCSCC2)o1. The lowest BCUT2D eigenvalue weighted by Crippen LogP contribution is -2.06. The molecular formula is C9H13NO2S. The van der Waals surface area contributed by atoms with E-state index in [1.165, 1.54) is 24.3 Å². The van der Waals surface area contributed by atoms with Crippen LogP contribution in [0.3, 0.4) is 0 Å². The van der Waals surface area contributed by atoms with Crippen molar-refractivity contribution in [2.45, 2.75) is 25.4 Å². The fourth-order valence-corrected chi connectivity index (χ4v) is 2.67. The highest BCUT2D eigenvalue weighted by atomic mass is 32.2. The molecule has 0 atom stereocenters. The summed E-state index contributed by atoms with van der Waals surface area (Å²) in [4.78, 5) is 3.99. The van der Waals surface area contributed by atoms with Gasteiger partial charge in [0.15, 0.2) is 0 Å². The van der Waals surface area contributed by atoms with Gasteiger partial charge >= 0.3 is 0 Å². The van der Waals surface area contributed by atoms with E-state index in [2.05, 4.69) is 4.98 Å². The minimum atomic E-state index is -0.0958. The van der Waals surface area contributed by atoms with E-state index in [0.717, 1.165) is 5.76 Å². The van der Waals surface area contributed by atoms with Gasteiger partial charge in [-0.15, -0.1) is 0 Å². The molecule has 2 heterocycles. The molecule has 0 aliphatic carbocycles. The first-order valence-corrected chi connectivity index (χ1v) is 5.69. The summed E-state index contributed by atoms with van der Waals surface area (Å²) >= 11 is 1.99. The van der Waals surface area contributed by atoms with Gasteiger partial charge in [-0.3, -0.25) is 0 Å². The van der Waals surface area contributed by atoms with E-state index < -0.39 is 0 Å². The summed E-state index contributed by atoms with van der Waals surface area (Å²) in [5, 5.41) is 8.79. The van der Waals surface area contributed by atoms with E-state index in [1.54, 1.807) is 6.20 Å². The zero-order valence-corrected chi connectivity index (χ0v) is 8.22. The average Bonchev–Trinajstić information content (AvgIpc) is 2.67. The molecule has 1 saturated heterocycles. The molecular weight excluding hydrogens is 186 g/mol. The summed E-state index contributed by atoms with van der Waals surface area (Å²) in [7, 11) is 0. The maximum atomic E-state index is 8.79. The Balaban J connectivity index is 2.05. The molecule has 0 bridgehead atoms. The highest BCUT2D eigenvalue weighted by Crippen LogP contribution is 2.31. The molecule has 1 aliphatic heterocycles. The van der Waals surface area contributed by atoms with Crippen LogP contribution in [-0.2, 0) is 6.61 Å². The van der Waals surface area contributed by atoms with Crippen LogP contribution in [0.15, 0.2) is 10.6 Å². The minimum absolute atomic E-state index is 0.0958. The average molecular weight is 199 g/mol. The van der Waals surface area contributed by atoms with Gasteiger partial charge in [-0.2, -0.15) is 11.8 Å². The van der Waals surface area contributed by atoms with E-state index in [1.807, 2.05) is 11.8 Å². The zero-order valence-electron chi connectivity index (χ0n) is 7.40. The van der Waals surface area contributed by atoms with Gasteiger partial charge in [-0.05, 0) is 24.3 Å². The Morgan fingerprint density at radius 3 is 2.92 bits per heavy atom. The molecule has 0 spiro atoms. The molecule has 0 saturated carbocycles. The maximum Gasteiger partial charge on any atom is 0.220 e. The van der Waals surface area contributed by atoms with Crippen molar-refractivity contribution in [3.05, 3.63) is 17.8 Å². The number of rotatable bonds is 2. The summed E-state index contributed by atoms with van der Waals surface area (Å²) in [5.74, 6) is 4.33. The van der Waals surface area contributed by atoms with Crippen LogP contribution in [0.4, 0.5) is 0 Å². The number of hydrogen-bond acceptors (Lipinski definition) is 4. The van der Waals surface area contributed by atoms with Crippen molar-refractivity contribution >= 4 is 11.8 Å². The van der Waals surface area contributed by atoms with Crippen LogP contribution in [0.25, 0.3) is 0 Å². The minimum Gasteiger partial charge on any atom is -0.443 e. The van der Waals surface area contributed by atoms with Crippen LogP contribution in [0, 0.1) is 0 Å². The molecule has 1 fully saturated rings. The van der Waals surface area contributed by atoms with E-state index in [9.17, 15) is 0 Å². The van der Waals surface area contributed by atoms with Gasteiger partial charge in [0.25, 0.3) is 0 Å². The van der Waals surface area contributed by atoms with E-state index in [-0.39, 0.29) is 6.61 Å². The van der Waals surface area contributed by atoms with Crippen LogP contribution in [0.5, 0.6) is 0 Å². The zero-order chi connectivity index (χ0) is 9.10. The number of aliphatic hydroxyl groups is 1. The largest absolute Gasteiger partial charge is 0.443 e. The van der Waals surface area contributed by atoms with Gasteiger partial charge in [0, 0.05) is 5.92 Å². The van der Waals surface area contributed by atoms with E-state index in [4.69, 9.17) is 9.52 Å².